The lowest BCUT2D eigenvalue weighted by Crippen LogP contribution is -2.41. The van der Waals surface area contributed by atoms with Gasteiger partial charge in [-0.15, -0.1) is 0 Å². The Morgan fingerprint density at radius 1 is 1.43 bits per heavy atom. The van der Waals surface area contributed by atoms with E-state index in [0.717, 1.165) is 6.42 Å². The van der Waals surface area contributed by atoms with Crippen molar-refractivity contribution in [3.05, 3.63) is 0 Å². The van der Waals surface area contributed by atoms with E-state index in [0.29, 0.717) is 6.04 Å². The normalized spacial score (nSPS) is 22.6. The van der Waals surface area contributed by atoms with Gasteiger partial charge in [0.05, 0.1) is 0 Å². The van der Waals surface area contributed by atoms with Gasteiger partial charge in [0.1, 0.15) is 12.5 Å². The number of halogens is 1. The first kappa shape index (κ1) is 11.6. The van der Waals surface area contributed by atoms with E-state index in [1.165, 1.54) is 0 Å². The average Bonchev–Trinajstić information content (AvgIpc) is 2.29. The van der Waals surface area contributed by atoms with Crippen molar-refractivity contribution in [2.75, 3.05) is 0 Å². The predicted octanol–water partition coefficient (Wildman–Crippen LogP) is 2.87. The Morgan fingerprint density at radius 3 is 2.43 bits per heavy atom. The summed E-state index contributed by atoms with van der Waals surface area (Å²) in [4.78, 5) is 0. The summed E-state index contributed by atoms with van der Waals surface area (Å²) in [7, 11) is 0. The van der Waals surface area contributed by atoms with Crippen LogP contribution in [0.5, 0.6) is 0 Å². The molecule has 0 amide bonds. The molecule has 1 heterocycles. The molecular formula is C10H20ClN3. The van der Waals surface area contributed by atoms with E-state index in [-0.39, 0.29) is 11.6 Å². The molecule has 0 N–H and O–H groups in total. The Kier molecular flexibility index (Phi) is 3.30. The van der Waals surface area contributed by atoms with Crippen LogP contribution in [0, 0.1) is 5.41 Å². The van der Waals surface area contributed by atoms with E-state index in [1.807, 2.05) is 0 Å². The summed E-state index contributed by atoms with van der Waals surface area (Å²) in [5.41, 5.74) is 0.263. The second-order valence-corrected chi connectivity index (χ2v) is 5.68. The maximum atomic E-state index is 6.07. The summed E-state index contributed by atoms with van der Waals surface area (Å²) in [5, 5.41) is 6.34. The fourth-order valence-corrected chi connectivity index (χ4v) is 1.78. The molecule has 0 spiro atoms. The van der Waals surface area contributed by atoms with Gasteiger partial charge in [-0.1, -0.05) is 20.8 Å². The first-order valence-electron chi connectivity index (χ1n) is 5.08. The first-order chi connectivity index (χ1) is 6.31. The van der Waals surface area contributed by atoms with Crippen LogP contribution in [-0.2, 0) is 0 Å². The minimum absolute atomic E-state index is 0.191. The lowest BCUT2D eigenvalue weighted by molar-refractivity contribution is 0.0967. The van der Waals surface area contributed by atoms with E-state index >= 15 is 0 Å². The molecular weight excluding hydrogens is 198 g/mol. The van der Waals surface area contributed by atoms with Crippen molar-refractivity contribution in [2.24, 2.45) is 10.5 Å². The Labute approximate surface area is 91.8 Å². The van der Waals surface area contributed by atoms with Crippen LogP contribution in [0.15, 0.2) is 5.10 Å². The molecule has 4 heteroatoms. The molecule has 82 valence electrons. The Balaban J connectivity index is 2.66. The number of hydrogen-bond acceptors (Lipinski definition) is 3. The Bertz CT molecular complexity index is 220. The van der Waals surface area contributed by atoms with Gasteiger partial charge >= 0.3 is 0 Å². The van der Waals surface area contributed by atoms with Gasteiger partial charge in [0.15, 0.2) is 0 Å². The van der Waals surface area contributed by atoms with Crippen LogP contribution < -0.4 is 0 Å². The van der Waals surface area contributed by atoms with E-state index in [4.69, 9.17) is 11.8 Å². The van der Waals surface area contributed by atoms with Gasteiger partial charge in [-0.3, -0.25) is 5.01 Å². The summed E-state index contributed by atoms with van der Waals surface area (Å²) in [6.45, 7) is 10.9. The van der Waals surface area contributed by atoms with Crippen LogP contribution in [0.4, 0.5) is 0 Å². The zero-order valence-corrected chi connectivity index (χ0v) is 10.4. The quantitative estimate of drug-likeness (QED) is 0.663. The molecule has 1 atom stereocenters. The van der Waals surface area contributed by atoms with Gasteiger partial charge in [0.2, 0.25) is 0 Å². The fourth-order valence-electron chi connectivity index (χ4n) is 1.58. The highest BCUT2D eigenvalue weighted by Crippen LogP contribution is 2.29. The van der Waals surface area contributed by atoms with E-state index in [1.54, 1.807) is 10.8 Å². The molecule has 0 aromatic carbocycles. The lowest BCUT2D eigenvalue weighted by atomic mass is 9.90. The SMILES string of the molecule is CC(C)N1N=CN(Cl)C1CC(C)(C)C. The zero-order valence-electron chi connectivity index (χ0n) is 9.66. The molecule has 1 rings (SSSR count). The second kappa shape index (κ2) is 3.97. The van der Waals surface area contributed by atoms with Crippen molar-refractivity contribution in [3.8, 4) is 0 Å². The summed E-state index contributed by atoms with van der Waals surface area (Å²) < 4.78 is 1.67. The van der Waals surface area contributed by atoms with Gasteiger partial charge < -0.3 is 0 Å². The largest absolute Gasteiger partial charge is 0.269 e. The third kappa shape index (κ3) is 2.77. The minimum atomic E-state index is 0.191. The van der Waals surface area contributed by atoms with Gasteiger partial charge in [-0.25, -0.2) is 4.42 Å². The third-order valence-electron chi connectivity index (χ3n) is 2.21. The van der Waals surface area contributed by atoms with Crippen molar-refractivity contribution in [1.82, 2.24) is 9.43 Å². The van der Waals surface area contributed by atoms with Crippen molar-refractivity contribution in [1.29, 1.82) is 0 Å². The monoisotopic (exact) mass is 217 g/mol. The van der Waals surface area contributed by atoms with Gasteiger partial charge in [-0.2, -0.15) is 5.10 Å². The van der Waals surface area contributed by atoms with Crippen LogP contribution in [-0.4, -0.2) is 28.0 Å². The molecule has 0 fully saturated rings. The first-order valence-corrected chi connectivity index (χ1v) is 5.41. The molecule has 14 heavy (non-hydrogen) atoms. The van der Waals surface area contributed by atoms with Crippen LogP contribution in [0.3, 0.4) is 0 Å². The molecule has 0 saturated carbocycles. The van der Waals surface area contributed by atoms with Crippen LogP contribution in [0.1, 0.15) is 41.0 Å². The lowest BCUT2D eigenvalue weighted by Gasteiger charge is -2.33. The van der Waals surface area contributed by atoms with E-state index < -0.39 is 0 Å². The van der Waals surface area contributed by atoms with Crippen LogP contribution >= 0.6 is 11.8 Å². The zero-order chi connectivity index (χ0) is 10.9. The summed E-state index contributed by atoms with van der Waals surface area (Å²) >= 11 is 6.07. The molecule has 1 aliphatic rings. The highest BCUT2D eigenvalue weighted by atomic mass is 35.5. The van der Waals surface area contributed by atoms with Gasteiger partial charge in [-0.05, 0) is 25.7 Å². The molecule has 1 unspecified atom stereocenters. The molecule has 0 radical (unpaired) electrons. The Morgan fingerprint density at radius 2 is 2.00 bits per heavy atom. The number of hydrazone groups is 1. The number of nitrogens with zero attached hydrogens (tertiary/aromatic N) is 3. The molecule has 0 aromatic rings. The maximum absolute atomic E-state index is 6.07. The summed E-state index contributed by atoms with van der Waals surface area (Å²) in [6.07, 6.45) is 2.89. The average molecular weight is 218 g/mol. The topological polar surface area (TPSA) is 18.8 Å². The molecule has 0 aromatic heterocycles. The highest BCUT2D eigenvalue weighted by molar-refractivity contribution is 6.19. The van der Waals surface area contributed by atoms with Gasteiger partial charge in [0, 0.05) is 17.8 Å². The number of hydrogen-bond donors (Lipinski definition) is 0. The molecule has 0 saturated heterocycles. The van der Waals surface area contributed by atoms with Crippen molar-refractivity contribution < 1.29 is 0 Å². The van der Waals surface area contributed by atoms with Crippen molar-refractivity contribution in [2.45, 2.75) is 53.2 Å². The van der Waals surface area contributed by atoms with E-state index in [2.05, 4.69) is 44.7 Å². The smallest absolute Gasteiger partial charge is 0.135 e. The molecule has 0 aliphatic carbocycles. The molecule has 3 nitrogen and oxygen atoms in total. The van der Waals surface area contributed by atoms with Gasteiger partial charge in [0.25, 0.3) is 0 Å². The highest BCUT2D eigenvalue weighted by Gasteiger charge is 2.32. The van der Waals surface area contributed by atoms with Crippen molar-refractivity contribution >= 4 is 18.1 Å². The predicted molar refractivity (Wildman–Crippen MR) is 61.0 cm³/mol. The van der Waals surface area contributed by atoms with Crippen molar-refractivity contribution in [3.63, 3.8) is 0 Å². The fraction of sp³-hybridized carbons (Fsp3) is 0.900. The molecule has 1 aliphatic heterocycles. The summed E-state index contributed by atoms with van der Waals surface area (Å²) in [5.74, 6) is 0. The second-order valence-electron chi connectivity index (χ2n) is 5.29. The van der Waals surface area contributed by atoms with Crippen LogP contribution in [0.2, 0.25) is 0 Å². The molecule has 0 bridgehead atoms. The van der Waals surface area contributed by atoms with E-state index in [9.17, 15) is 0 Å². The third-order valence-corrected chi connectivity index (χ3v) is 2.52. The Hall–Kier alpha value is -0.440. The number of rotatable bonds is 2. The maximum Gasteiger partial charge on any atom is 0.135 e. The minimum Gasteiger partial charge on any atom is -0.269 e. The standard InChI is InChI=1S/C10H20ClN3/c1-8(2)14-9(6-10(3,4)5)13(11)7-12-14/h7-9H,6H2,1-5H3. The van der Waals surface area contributed by atoms with Crippen LogP contribution in [0.25, 0.3) is 0 Å². The summed E-state index contributed by atoms with van der Waals surface area (Å²) in [6, 6.07) is 0.391.